The van der Waals surface area contributed by atoms with Crippen LogP contribution in [0.15, 0.2) is 24.4 Å². The van der Waals surface area contributed by atoms with Crippen molar-refractivity contribution >= 4 is 17.4 Å². The standard InChI is InChI=1S/C9H6ClF3N4/c10-5-4-17(16-8(5)14)7-3-1-2-6(15-7)9(11,12)13/h1-4H,(H2,14,16). The summed E-state index contributed by atoms with van der Waals surface area (Å²) in [6, 6.07) is 3.48. The molecule has 0 amide bonds. The average Bonchev–Trinajstić information content (AvgIpc) is 2.58. The minimum absolute atomic E-state index is 0.00146. The van der Waals surface area contributed by atoms with Crippen molar-refractivity contribution < 1.29 is 13.2 Å². The van der Waals surface area contributed by atoms with Gasteiger partial charge in [-0.2, -0.15) is 13.2 Å². The second-order valence-corrected chi connectivity index (χ2v) is 3.59. The van der Waals surface area contributed by atoms with Crippen LogP contribution in [0.1, 0.15) is 5.69 Å². The first-order valence-electron chi connectivity index (χ1n) is 4.43. The molecule has 0 aliphatic heterocycles. The topological polar surface area (TPSA) is 56.7 Å². The number of aromatic nitrogens is 3. The Bertz CT molecular complexity index is 530. The molecule has 0 aliphatic carbocycles. The van der Waals surface area contributed by atoms with Crippen LogP contribution in [-0.4, -0.2) is 14.8 Å². The number of hydrogen-bond donors (Lipinski definition) is 1. The summed E-state index contributed by atoms with van der Waals surface area (Å²) in [6.07, 6.45) is -3.21. The largest absolute Gasteiger partial charge is 0.433 e. The molecule has 2 heterocycles. The Labute approximate surface area is 98.8 Å². The minimum atomic E-state index is -4.50. The van der Waals surface area contributed by atoms with E-state index in [1.54, 1.807) is 0 Å². The fourth-order valence-corrected chi connectivity index (χ4v) is 1.32. The molecule has 0 bridgehead atoms. The second-order valence-electron chi connectivity index (χ2n) is 3.19. The van der Waals surface area contributed by atoms with Crippen LogP contribution < -0.4 is 5.73 Å². The Morgan fingerprint density at radius 3 is 2.53 bits per heavy atom. The number of anilines is 1. The van der Waals surface area contributed by atoms with Gasteiger partial charge < -0.3 is 5.73 Å². The van der Waals surface area contributed by atoms with Crippen LogP contribution in [-0.2, 0) is 6.18 Å². The molecule has 0 aromatic carbocycles. The molecular weight excluding hydrogens is 257 g/mol. The quantitative estimate of drug-likeness (QED) is 0.859. The first-order valence-corrected chi connectivity index (χ1v) is 4.81. The molecule has 90 valence electrons. The van der Waals surface area contributed by atoms with Crippen molar-refractivity contribution in [2.75, 3.05) is 5.73 Å². The lowest BCUT2D eigenvalue weighted by Crippen LogP contribution is -2.10. The fourth-order valence-electron chi connectivity index (χ4n) is 1.19. The highest BCUT2D eigenvalue weighted by molar-refractivity contribution is 6.32. The van der Waals surface area contributed by atoms with Gasteiger partial charge >= 0.3 is 6.18 Å². The van der Waals surface area contributed by atoms with Gasteiger partial charge in [-0.1, -0.05) is 17.7 Å². The molecule has 0 saturated carbocycles. The van der Waals surface area contributed by atoms with Crippen LogP contribution in [0, 0.1) is 0 Å². The summed E-state index contributed by atoms with van der Waals surface area (Å²) in [6.45, 7) is 0. The maximum atomic E-state index is 12.4. The van der Waals surface area contributed by atoms with E-state index in [4.69, 9.17) is 17.3 Å². The van der Waals surface area contributed by atoms with Crippen molar-refractivity contribution in [1.29, 1.82) is 0 Å². The van der Waals surface area contributed by atoms with Gasteiger partial charge in [0.05, 0.1) is 6.20 Å². The Balaban J connectivity index is 2.47. The number of hydrogen-bond acceptors (Lipinski definition) is 3. The summed E-state index contributed by atoms with van der Waals surface area (Å²) < 4.78 is 38.4. The third-order valence-electron chi connectivity index (χ3n) is 1.96. The number of nitrogens with two attached hydrogens (primary N) is 1. The predicted octanol–water partition coefficient (Wildman–Crippen LogP) is 2.52. The van der Waals surface area contributed by atoms with Crippen LogP contribution >= 0.6 is 11.6 Å². The summed E-state index contributed by atoms with van der Waals surface area (Å²) >= 11 is 5.65. The van der Waals surface area contributed by atoms with Crippen LogP contribution in [0.25, 0.3) is 5.82 Å². The van der Waals surface area contributed by atoms with Crippen LogP contribution in [0.2, 0.25) is 5.02 Å². The Hall–Kier alpha value is -1.76. The SMILES string of the molecule is Nc1nn(-c2cccc(C(F)(F)F)n2)cc1Cl. The summed E-state index contributed by atoms with van der Waals surface area (Å²) in [7, 11) is 0. The molecule has 0 aliphatic rings. The summed E-state index contributed by atoms with van der Waals surface area (Å²) in [4.78, 5) is 3.43. The molecule has 2 aromatic rings. The molecule has 0 unspecified atom stereocenters. The van der Waals surface area contributed by atoms with Crippen molar-refractivity contribution in [3.8, 4) is 5.82 Å². The summed E-state index contributed by atoms with van der Waals surface area (Å²) in [5.41, 5.74) is 4.39. The predicted molar refractivity (Wildman–Crippen MR) is 55.8 cm³/mol. The molecule has 2 rings (SSSR count). The van der Waals surface area contributed by atoms with Crippen molar-refractivity contribution in [1.82, 2.24) is 14.8 Å². The molecule has 0 fully saturated rings. The van der Waals surface area contributed by atoms with E-state index in [1.807, 2.05) is 0 Å². The van der Waals surface area contributed by atoms with Crippen molar-refractivity contribution in [2.45, 2.75) is 6.18 Å². The maximum Gasteiger partial charge on any atom is 0.433 e. The van der Waals surface area contributed by atoms with Crippen molar-refractivity contribution in [2.24, 2.45) is 0 Å². The Kier molecular flexibility index (Phi) is 2.70. The van der Waals surface area contributed by atoms with Gasteiger partial charge in [-0.05, 0) is 12.1 Å². The molecule has 2 aromatic heterocycles. The van der Waals surface area contributed by atoms with Crippen molar-refractivity contribution in [3.05, 3.63) is 35.1 Å². The van der Waals surface area contributed by atoms with Gasteiger partial charge in [-0.25, -0.2) is 9.67 Å². The lowest BCUT2D eigenvalue weighted by Gasteiger charge is -2.07. The third kappa shape index (κ3) is 2.33. The van der Waals surface area contributed by atoms with Crippen LogP contribution in [0.5, 0.6) is 0 Å². The highest BCUT2D eigenvalue weighted by Crippen LogP contribution is 2.28. The molecule has 0 radical (unpaired) electrons. The number of pyridine rings is 1. The smallest absolute Gasteiger partial charge is 0.381 e. The zero-order valence-electron chi connectivity index (χ0n) is 8.24. The van der Waals surface area contributed by atoms with E-state index in [1.165, 1.54) is 18.3 Å². The molecule has 4 nitrogen and oxygen atoms in total. The number of halogens is 4. The zero-order chi connectivity index (χ0) is 12.6. The first kappa shape index (κ1) is 11.7. The van der Waals surface area contributed by atoms with E-state index in [-0.39, 0.29) is 16.7 Å². The van der Waals surface area contributed by atoms with Gasteiger partial charge in [0.25, 0.3) is 0 Å². The van der Waals surface area contributed by atoms with Gasteiger partial charge in [0.15, 0.2) is 11.6 Å². The molecule has 17 heavy (non-hydrogen) atoms. The van der Waals surface area contributed by atoms with Crippen molar-refractivity contribution in [3.63, 3.8) is 0 Å². The van der Waals surface area contributed by atoms with Gasteiger partial charge in [-0.15, -0.1) is 5.10 Å². The summed E-state index contributed by atoms with van der Waals surface area (Å²) in [5, 5.41) is 3.89. The number of rotatable bonds is 1. The highest BCUT2D eigenvalue weighted by Gasteiger charge is 2.32. The van der Waals surface area contributed by atoms with Gasteiger partial charge in [0, 0.05) is 0 Å². The number of nitrogen functional groups attached to an aromatic ring is 1. The molecule has 0 atom stereocenters. The van der Waals surface area contributed by atoms with E-state index in [0.717, 1.165) is 10.7 Å². The minimum Gasteiger partial charge on any atom is -0.381 e. The van der Waals surface area contributed by atoms with Gasteiger partial charge in [0.2, 0.25) is 0 Å². The molecule has 2 N–H and O–H groups in total. The average molecular weight is 263 g/mol. The molecule has 0 spiro atoms. The highest BCUT2D eigenvalue weighted by atomic mass is 35.5. The lowest BCUT2D eigenvalue weighted by atomic mass is 10.3. The normalized spacial score (nSPS) is 11.8. The fraction of sp³-hybridized carbons (Fsp3) is 0.111. The van der Waals surface area contributed by atoms with E-state index in [2.05, 4.69) is 10.1 Å². The first-order chi connectivity index (χ1) is 7.88. The van der Waals surface area contributed by atoms with Gasteiger partial charge in [-0.3, -0.25) is 0 Å². The molecular formula is C9H6ClF3N4. The molecule has 8 heteroatoms. The zero-order valence-corrected chi connectivity index (χ0v) is 9.00. The number of alkyl halides is 3. The summed E-state index contributed by atoms with van der Waals surface area (Å²) in [5.74, 6) is 0.0318. The van der Waals surface area contributed by atoms with Gasteiger partial charge in [0.1, 0.15) is 10.7 Å². The monoisotopic (exact) mass is 262 g/mol. The Morgan fingerprint density at radius 2 is 2.00 bits per heavy atom. The van der Waals surface area contributed by atoms with Crippen LogP contribution in [0.3, 0.4) is 0 Å². The Morgan fingerprint density at radius 1 is 1.29 bits per heavy atom. The van der Waals surface area contributed by atoms with E-state index in [9.17, 15) is 13.2 Å². The van der Waals surface area contributed by atoms with Crippen LogP contribution in [0.4, 0.5) is 19.0 Å². The second kappa shape index (κ2) is 3.92. The van der Waals surface area contributed by atoms with E-state index >= 15 is 0 Å². The third-order valence-corrected chi connectivity index (χ3v) is 2.25. The molecule has 0 saturated heterocycles. The number of nitrogens with zero attached hydrogens (tertiary/aromatic N) is 3. The van der Waals surface area contributed by atoms with E-state index in [0.29, 0.717) is 0 Å². The lowest BCUT2D eigenvalue weighted by molar-refractivity contribution is -0.141. The van der Waals surface area contributed by atoms with E-state index < -0.39 is 11.9 Å². The maximum absolute atomic E-state index is 12.4.